The first kappa shape index (κ1) is 15.6. The van der Waals surface area contributed by atoms with Gasteiger partial charge in [0.1, 0.15) is 0 Å². The molecule has 3 aromatic rings. The van der Waals surface area contributed by atoms with E-state index in [4.69, 9.17) is 0 Å². The summed E-state index contributed by atoms with van der Waals surface area (Å²) in [6.45, 7) is 2.00. The van der Waals surface area contributed by atoms with Crippen molar-refractivity contribution in [3.05, 3.63) is 75.7 Å². The highest BCUT2D eigenvalue weighted by molar-refractivity contribution is 6.04. The lowest BCUT2D eigenvalue weighted by Crippen LogP contribution is -2.27. The number of fused-ring (bicyclic) bond motifs is 1. The molecule has 0 aliphatic heterocycles. The molecule has 1 aromatic heterocycles. The standard InChI is InChI=1S/C18H16N4O2/c1-12-7-9-13(10-8-12)11-19-20-17(23)16-14-5-3-4-6-15(14)18(24)22(2)21-16/h3-11H,1-2H3,(H,20,23)/b19-11-. The van der Waals surface area contributed by atoms with Crippen LogP contribution in [0.15, 0.2) is 58.4 Å². The smallest absolute Gasteiger partial charge is 0.267 e. The molecule has 1 heterocycles. The Balaban J connectivity index is 1.88. The molecule has 3 rings (SSSR count). The van der Waals surface area contributed by atoms with Crippen LogP contribution in [0.5, 0.6) is 0 Å². The zero-order valence-electron chi connectivity index (χ0n) is 13.4. The van der Waals surface area contributed by atoms with Gasteiger partial charge in [0, 0.05) is 12.4 Å². The molecular formula is C18H16N4O2. The first-order chi connectivity index (χ1) is 11.6. The average Bonchev–Trinajstić information content (AvgIpc) is 2.60. The average molecular weight is 320 g/mol. The number of hydrogen-bond acceptors (Lipinski definition) is 4. The fourth-order valence-electron chi connectivity index (χ4n) is 2.34. The first-order valence-electron chi connectivity index (χ1n) is 7.42. The van der Waals surface area contributed by atoms with Gasteiger partial charge in [0.2, 0.25) is 0 Å². The number of aromatic nitrogens is 2. The fraction of sp³-hybridized carbons (Fsp3) is 0.111. The van der Waals surface area contributed by atoms with E-state index in [1.165, 1.54) is 7.05 Å². The highest BCUT2D eigenvalue weighted by Gasteiger charge is 2.14. The maximum absolute atomic E-state index is 12.4. The number of amides is 1. The fourth-order valence-corrected chi connectivity index (χ4v) is 2.34. The minimum absolute atomic E-state index is 0.161. The van der Waals surface area contributed by atoms with Crippen molar-refractivity contribution >= 4 is 22.9 Å². The number of aryl methyl sites for hydroxylation is 2. The van der Waals surface area contributed by atoms with Crippen LogP contribution in [0.2, 0.25) is 0 Å². The van der Waals surface area contributed by atoms with Crippen molar-refractivity contribution < 1.29 is 4.79 Å². The summed E-state index contributed by atoms with van der Waals surface area (Å²) in [7, 11) is 1.52. The molecule has 0 saturated heterocycles. The second-order valence-electron chi connectivity index (χ2n) is 5.43. The number of carbonyl (C=O) groups is 1. The summed E-state index contributed by atoms with van der Waals surface area (Å²) in [5, 5.41) is 8.96. The Morgan fingerprint density at radius 2 is 1.79 bits per heavy atom. The van der Waals surface area contributed by atoms with Crippen LogP contribution >= 0.6 is 0 Å². The van der Waals surface area contributed by atoms with Gasteiger partial charge in [-0.2, -0.15) is 10.2 Å². The number of rotatable bonds is 3. The first-order valence-corrected chi connectivity index (χ1v) is 7.42. The largest absolute Gasteiger partial charge is 0.292 e. The van der Waals surface area contributed by atoms with Crippen LogP contribution in [0.3, 0.4) is 0 Å². The predicted molar refractivity (Wildman–Crippen MR) is 93.2 cm³/mol. The lowest BCUT2D eigenvalue weighted by Gasteiger charge is -2.06. The van der Waals surface area contributed by atoms with Gasteiger partial charge in [-0.3, -0.25) is 9.59 Å². The van der Waals surface area contributed by atoms with Gasteiger partial charge < -0.3 is 0 Å². The summed E-state index contributed by atoms with van der Waals surface area (Å²) < 4.78 is 1.15. The van der Waals surface area contributed by atoms with Crippen LogP contribution in [0.1, 0.15) is 21.6 Å². The SMILES string of the molecule is Cc1ccc(/C=N\NC(=O)c2nn(C)c(=O)c3ccccc23)cc1. The van der Waals surface area contributed by atoms with Gasteiger partial charge in [0.05, 0.1) is 11.6 Å². The maximum atomic E-state index is 12.4. The Kier molecular flexibility index (Phi) is 4.20. The summed E-state index contributed by atoms with van der Waals surface area (Å²) in [6, 6.07) is 14.6. The molecule has 0 saturated carbocycles. The Labute approximate surface area is 138 Å². The predicted octanol–water partition coefficient (Wildman–Crippen LogP) is 2.01. The van der Waals surface area contributed by atoms with Crippen LogP contribution in [-0.2, 0) is 7.05 Å². The minimum atomic E-state index is -0.467. The molecule has 0 aliphatic carbocycles. The molecule has 0 atom stereocenters. The molecular weight excluding hydrogens is 304 g/mol. The normalized spacial score (nSPS) is 11.1. The number of hydrogen-bond donors (Lipinski definition) is 1. The van der Waals surface area contributed by atoms with Crippen molar-refractivity contribution in [1.82, 2.24) is 15.2 Å². The molecule has 6 nitrogen and oxygen atoms in total. The minimum Gasteiger partial charge on any atom is -0.267 e. The Bertz CT molecular complexity index is 988. The maximum Gasteiger partial charge on any atom is 0.292 e. The molecule has 0 fully saturated rings. The van der Waals surface area contributed by atoms with Crippen molar-refractivity contribution in [3.8, 4) is 0 Å². The summed E-state index contributed by atoms with van der Waals surface area (Å²) in [4.78, 5) is 24.4. The van der Waals surface area contributed by atoms with Crippen LogP contribution in [0.4, 0.5) is 0 Å². The van der Waals surface area contributed by atoms with Gasteiger partial charge in [-0.05, 0) is 18.6 Å². The second-order valence-corrected chi connectivity index (χ2v) is 5.43. The van der Waals surface area contributed by atoms with Gasteiger partial charge in [-0.15, -0.1) is 0 Å². The third-order valence-electron chi connectivity index (χ3n) is 3.63. The monoisotopic (exact) mass is 320 g/mol. The molecule has 0 unspecified atom stereocenters. The number of nitrogens with one attached hydrogen (secondary N) is 1. The summed E-state index contributed by atoms with van der Waals surface area (Å²) in [5.41, 5.74) is 4.39. The molecule has 0 radical (unpaired) electrons. The third kappa shape index (κ3) is 3.08. The van der Waals surface area contributed by atoms with E-state index in [0.717, 1.165) is 15.8 Å². The summed E-state index contributed by atoms with van der Waals surface area (Å²) >= 11 is 0. The van der Waals surface area contributed by atoms with Crippen molar-refractivity contribution in [2.45, 2.75) is 6.92 Å². The van der Waals surface area contributed by atoms with E-state index in [1.54, 1.807) is 30.5 Å². The van der Waals surface area contributed by atoms with E-state index in [-0.39, 0.29) is 11.3 Å². The van der Waals surface area contributed by atoms with E-state index >= 15 is 0 Å². The molecule has 120 valence electrons. The lowest BCUT2D eigenvalue weighted by molar-refractivity contribution is 0.0950. The molecule has 0 bridgehead atoms. The van der Waals surface area contributed by atoms with E-state index in [1.807, 2.05) is 31.2 Å². The van der Waals surface area contributed by atoms with Crippen LogP contribution in [0, 0.1) is 6.92 Å². The molecule has 24 heavy (non-hydrogen) atoms. The van der Waals surface area contributed by atoms with Crippen molar-refractivity contribution in [2.75, 3.05) is 0 Å². The van der Waals surface area contributed by atoms with Crippen LogP contribution in [0.25, 0.3) is 10.8 Å². The van der Waals surface area contributed by atoms with Crippen LogP contribution < -0.4 is 11.0 Å². The third-order valence-corrected chi connectivity index (χ3v) is 3.63. The van der Waals surface area contributed by atoms with Crippen molar-refractivity contribution in [2.24, 2.45) is 12.1 Å². The molecule has 0 aliphatic rings. The van der Waals surface area contributed by atoms with Gasteiger partial charge >= 0.3 is 0 Å². The van der Waals surface area contributed by atoms with Gasteiger partial charge in [0.15, 0.2) is 5.69 Å². The molecule has 1 amide bonds. The molecule has 6 heteroatoms. The molecule has 2 aromatic carbocycles. The number of hydrazone groups is 1. The number of carbonyl (C=O) groups excluding carboxylic acids is 1. The second kappa shape index (κ2) is 6.45. The molecule has 0 spiro atoms. The summed E-state index contributed by atoms with van der Waals surface area (Å²) in [6.07, 6.45) is 1.56. The highest BCUT2D eigenvalue weighted by Crippen LogP contribution is 2.12. The van der Waals surface area contributed by atoms with Gasteiger partial charge in [0.25, 0.3) is 11.5 Å². The Morgan fingerprint density at radius 1 is 1.12 bits per heavy atom. The topological polar surface area (TPSA) is 76.3 Å². The summed E-state index contributed by atoms with van der Waals surface area (Å²) in [5.74, 6) is -0.467. The zero-order chi connectivity index (χ0) is 17.1. The number of nitrogens with zero attached hydrogens (tertiary/aromatic N) is 3. The van der Waals surface area contributed by atoms with E-state index in [9.17, 15) is 9.59 Å². The molecule has 1 N–H and O–H groups in total. The zero-order valence-corrected chi connectivity index (χ0v) is 13.4. The number of benzene rings is 2. The van der Waals surface area contributed by atoms with E-state index in [2.05, 4.69) is 15.6 Å². The Hall–Kier alpha value is -3.28. The van der Waals surface area contributed by atoms with Crippen LogP contribution in [-0.4, -0.2) is 21.9 Å². The van der Waals surface area contributed by atoms with E-state index in [0.29, 0.717) is 10.8 Å². The lowest BCUT2D eigenvalue weighted by atomic mass is 10.1. The van der Waals surface area contributed by atoms with Crippen molar-refractivity contribution in [3.63, 3.8) is 0 Å². The van der Waals surface area contributed by atoms with Gasteiger partial charge in [-0.25, -0.2) is 10.1 Å². The Morgan fingerprint density at radius 3 is 2.50 bits per heavy atom. The van der Waals surface area contributed by atoms with Gasteiger partial charge in [-0.1, -0.05) is 48.0 Å². The quantitative estimate of drug-likeness (QED) is 0.592. The van der Waals surface area contributed by atoms with E-state index < -0.39 is 5.91 Å². The van der Waals surface area contributed by atoms with Crippen molar-refractivity contribution in [1.29, 1.82) is 0 Å². The highest BCUT2D eigenvalue weighted by atomic mass is 16.2.